The van der Waals surface area contributed by atoms with E-state index in [1.54, 1.807) is 0 Å². The van der Waals surface area contributed by atoms with E-state index in [0.29, 0.717) is 35.2 Å². The molecule has 4 aromatic carbocycles. The van der Waals surface area contributed by atoms with Crippen LogP contribution in [0, 0.1) is 10.8 Å². The third-order valence-corrected chi connectivity index (χ3v) is 9.07. The van der Waals surface area contributed by atoms with Crippen molar-refractivity contribution in [1.82, 2.24) is 0 Å². The number of hydrogen-bond acceptors (Lipinski definition) is 3. The summed E-state index contributed by atoms with van der Waals surface area (Å²) >= 11 is 0. The molecule has 4 rings (SSSR count). The number of hydrogen-bond donors (Lipinski definition) is 0. The van der Waals surface area contributed by atoms with Crippen LogP contribution in [0.1, 0.15) is 157 Å². The van der Waals surface area contributed by atoms with Gasteiger partial charge in [0.1, 0.15) is 5.75 Å². The number of nitrogens with zero attached hydrogens (tertiary/aromatic N) is 1. The number of rotatable bonds is 11. The van der Waals surface area contributed by atoms with Crippen LogP contribution in [-0.2, 0) is 11.3 Å². The third kappa shape index (κ3) is 17.5. The van der Waals surface area contributed by atoms with Crippen LogP contribution in [-0.4, -0.2) is 25.8 Å². The fraction of sp³-hybridized carbons (Fsp3) is 0.551. The summed E-state index contributed by atoms with van der Waals surface area (Å²) in [7, 11) is 2.22. The lowest BCUT2D eigenvalue weighted by Gasteiger charge is -2.27. The van der Waals surface area contributed by atoms with Crippen LogP contribution < -0.4 is 9.64 Å². The van der Waals surface area contributed by atoms with Crippen LogP contribution in [0.3, 0.4) is 0 Å². The summed E-state index contributed by atoms with van der Waals surface area (Å²) in [5, 5.41) is 2.71. The van der Waals surface area contributed by atoms with E-state index in [2.05, 4.69) is 195 Å². The molecule has 0 saturated heterocycles. The van der Waals surface area contributed by atoms with Crippen molar-refractivity contribution in [2.45, 2.75) is 147 Å². The quantitative estimate of drug-likeness (QED) is 0.155. The first-order chi connectivity index (χ1) is 24.0. The fourth-order valence-corrected chi connectivity index (χ4v) is 5.37. The first kappa shape index (κ1) is 44.9. The maximum Gasteiger partial charge on any atom is 0.119 e. The standard InChI is InChI=1S/C20H29N.C15H24O.C14H22O/c1-15(2)17-13-16-9-7-8-10-18(16)19(14-17)21(6)12-11-20(3,4)5;1-12(2)13-7-6-8-14(11-13)16-10-9-15(3,4)5;1-11(2)13-8-6-7-12(9-13)10-15-14(3,4)5/h7-10,13-15H,11-12H2,1-6H3;6-8,11-12H,9-10H2,1-5H3;6-9,11H,10H2,1-5H3. The van der Waals surface area contributed by atoms with Crippen molar-refractivity contribution in [3.05, 3.63) is 107 Å². The largest absolute Gasteiger partial charge is 0.494 e. The predicted molar refractivity (Wildman–Crippen MR) is 231 cm³/mol. The van der Waals surface area contributed by atoms with Gasteiger partial charge in [-0.25, -0.2) is 0 Å². The minimum Gasteiger partial charge on any atom is -0.494 e. The molecule has 0 amide bonds. The molecule has 3 heteroatoms. The smallest absolute Gasteiger partial charge is 0.119 e. The van der Waals surface area contributed by atoms with Crippen molar-refractivity contribution in [1.29, 1.82) is 0 Å². The molecular formula is C49H75NO2. The molecule has 0 aliphatic rings. The Bertz CT molecular complexity index is 1610. The van der Waals surface area contributed by atoms with Crippen molar-refractivity contribution in [2.75, 3.05) is 25.1 Å². The first-order valence-electron chi connectivity index (χ1n) is 19.7. The van der Waals surface area contributed by atoms with Crippen molar-refractivity contribution in [3.63, 3.8) is 0 Å². The highest BCUT2D eigenvalue weighted by molar-refractivity contribution is 5.95. The molecule has 0 saturated carbocycles. The van der Waals surface area contributed by atoms with E-state index in [9.17, 15) is 0 Å². The molecule has 288 valence electrons. The Hall–Kier alpha value is -3.30. The van der Waals surface area contributed by atoms with Gasteiger partial charge >= 0.3 is 0 Å². The van der Waals surface area contributed by atoms with Gasteiger partial charge in [0.2, 0.25) is 0 Å². The van der Waals surface area contributed by atoms with Crippen LogP contribution >= 0.6 is 0 Å². The van der Waals surface area contributed by atoms with Crippen molar-refractivity contribution >= 4 is 16.5 Å². The van der Waals surface area contributed by atoms with Crippen LogP contribution in [0.2, 0.25) is 0 Å². The van der Waals surface area contributed by atoms with Crippen molar-refractivity contribution in [2.24, 2.45) is 10.8 Å². The Labute approximate surface area is 320 Å². The van der Waals surface area contributed by atoms with E-state index in [-0.39, 0.29) is 5.60 Å². The summed E-state index contributed by atoms with van der Waals surface area (Å²) in [6.07, 6.45) is 2.28. The zero-order valence-corrected chi connectivity index (χ0v) is 36.1. The van der Waals surface area contributed by atoms with Gasteiger partial charge in [0.25, 0.3) is 0 Å². The van der Waals surface area contributed by atoms with Gasteiger partial charge in [-0.15, -0.1) is 0 Å². The maximum absolute atomic E-state index is 5.77. The molecule has 0 spiro atoms. The van der Waals surface area contributed by atoms with Gasteiger partial charge in [0.05, 0.1) is 18.8 Å². The average molecular weight is 710 g/mol. The highest BCUT2D eigenvalue weighted by Crippen LogP contribution is 2.32. The summed E-state index contributed by atoms with van der Waals surface area (Å²) in [4.78, 5) is 2.42. The number of anilines is 1. The van der Waals surface area contributed by atoms with E-state index in [4.69, 9.17) is 9.47 Å². The Morgan fingerprint density at radius 3 is 1.69 bits per heavy atom. The van der Waals surface area contributed by atoms with Gasteiger partial charge < -0.3 is 14.4 Å². The van der Waals surface area contributed by atoms with Gasteiger partial charge in [-0.1, -0.05) is 150 Å². The SMILES string of the molecule is CC(C)c1cc(N(C)CCC(C)(C)C)c2ccccc2c1.CC(C)c1cccc(COC(C)(C)C)c1.CC(C)c1cccc(OCCC(C)(C)C)c1. The summed E-state index contributed by atoms with van der Waals surface area (Å²) in [6, 6.07) is 30.5. The summed E-state index contributed by atoms with van der Waals surface area (Å²) < 4.78 is 11.5. The monoisotopic (exact) mass is 710 g/mol. The lowest BCUT2D eigenvalue weighted by Crippen LogP contribution is -2.23. The average Bonchev–Trinajstić information content (AvgIpc) is 3.05. The molecule has 0 aromatic heterocycles. The molecule has 4 aromatic rings. The molecule has 0 N–H and O–H groups in total. The van der Waals surface area contributed by atoms with E-state index in [1.807, 2.05) is 6.07 Å². The van der Waals surface area contributed by atoms with Crippen LogP contribution in [0.5, 0.6) is 5.75 Å². The Morgan fingerprint density at radius 2 is 1.13 bits per heavy atom. The Balaban J connectivity index is 0.000000276. The van der Waals surface area contributed by atoms with Crippen LogP contribution in [0.15, 0.2) is 84.9 Å². The first-order valence-corrected chi connectivity index (χ1v) is 19.7. The molecule has 0 heterocycles. The fourth-order valence-electron chi connectivity index (χ4n) is 5.37. The van der Waals surface area contributed by atoms with Gasteiger partial charge in [-0.05, 0) is 108 Å². The molecule has 0 unspecified atom stereocenters. The summed E-state index contributed by atoms with van der Waals surface area (Å²) in [5.74, 6) is 2.70. The summed E-state index contributed by atoms with van der Waals surface area (Å²) in [6.45, 7) is 35.8. The Kier molecular flexibility index (Phi) is 17.5. The molecule has 3 nitrogen and oxygen atoms in total. The molecule has 52 heavy (non-hydrogen) atoms. The zero-order chi connectivity index (χ0) is 39.3. The van der Waals surface area contributed by atoms with Gasteiger partial charge in [0.15, 0.2) is 0 Å². The van der Waals surface area contributed by atoms with E-state index >= 15 is 0 Å². The second-order valence-electron chi connectivity index (χ2n) is 18.8. The molecule has 0 atom stereocenters. The number of benzene rings is 4. The number of fused-ring (bicyclic) bond motifs is 1. The summed E-state index contributed by atoms with van der Waals surface area (Å²) in [5.41, 5.74) is 7.42. The lowest BCUT2D eigenvalue weighted by molar-refractivity contribution is -0.0149. The van der Waals surface area contributed by atoms with Crippen LogP contribution in [0.4, 0.5) is 5.69 Å². The second kappa shape index (κ2) is 20.2. The molecule has 0 aliphatic carbocycles. The predicted octanol–water partition coefficient (Wildman–Crippen LogP) is 14.6. The third-order valence-electron chi connectivity index (χ3n) is 9.07. The molecular weight excluding hydrogens is 635 g/mol. The second-order valence-corrected chi connectivity index (χ2v) is 18.8. The normalized spacial score (nSPS) is 12.1. The van der Waals surface area contributed by atoms with Gasteiger partial charge in [0, 0.05) is 24.7 Å². The van der Waals surface area contributed by atoms with Crippen molar-refractivity contribution in [3.8, 4) is 5.75 Å². The molecule has 0 bridgehead atoms. The lowest BCUT2D eigenvalue weighted by atomic mass is 9.92. The highest BCUT2D eigenvalue weighted by atomic mass is 16.5. The zero-order valence-electron chi connectivity index (χ0n) is 36.1. The maximum atomic E-state index is 5.77. The van der Waals surface area contributed by atoms with Gasteiger partial charge in [-0.2, -0.15) is 0 Å². The Morgan fingerprint density at radius 1 is 0.577 bits per heavy atom. The topological polar surface area (TPSA) is 21.7 Å². The van der Waals surface area contributed by atoms with E-state index in [1.165, 1.54) is 45.1 Å². The highest BCUT2D eigenvalue weighted by Gasteiger charge is 2.15. The van der Waals surface area contributed by atoms with E-state index in [0.717, 1.165) is 25.3 Å². The molecule has 0 aliphatic heterocycles. The van der Waals surface area contributed by atoms with Gasteiger partial charge in [-0.3, -0.25) is 0 Å². The minimum absolute atomic E-state index is 0.0617. The molecule has 0 radical (unpaired) electrons. The number of ether oxygens (including phenoxy) is 2. The van der Waals surface area contributed by atoms with Crippen molar-refractivity contribution < 1.29 is 9.47 Å². The van der Waals surface area contributed by atoms with Crippen LogP contribution in [0.25, 0.3) is 10.8 Å². The van der Waals surface area contributed by atoms with E-state index < -0.39 is 0 Å². The minimum atomic E-state index is -0.0617. The molecule has 0 fully saturated rings.